The molecule has 8 heteroatoms. The van der Waals surface area contributed by atoms with Gasteiger partial charge in [0, 0.05) is 43.9 Å². The molecule has 32 heavy (non-hydrogen) atoms. The van der Waals surface area contributed by atoms with Crippen LogP contribution in [0.2, 0.25) is 5.02 Å². The van der Waals surface area contributed by atoms with Gasteiger partial charge >= 0.3 is 0 Å². The van der Waals surface area contributed by atoms with E-state index in [0.29, 0.717) is 35.1 Å². The maximum Gasteiger partial charge on any atom is 0.165 e. The molecule has 3 N–H and O–H groups in total. The second-order valence-electron chi connectivity index (χ2n) is 9.52. The molecule has 1 spiro atoms. The van der Waals surface area contributed by atoms with Crippen LogP contribution in [0.25, 0.3) is 0 Å². The average molecular weight is 456 g/mol. The van der Waals surface area contributed by atoms with Crippen LogP contribution in [0.15, 0.2) is 29.4 Å². The molecule has 1 aromatic heterocycles. The first kappa shape index (κ1) is 21.3. The van der Waals surface area contributed by atoms with E-state index in [-0.39, 0.29) is 11.1 Å². The van der Waals surface area contributed by atoms with E-state index in [9.17, 15) is 9.18 Å². The molecule has 0 atom stereocenters. The number of nitrogens with zero attached hydrogens (tertiary/aromatic N) is 3. The van der Waals surface area contributed by atoms with Crippen molar-refractivity contribution in [3.05, 3.63) is 57.3 Å². The van der Waals surface area contributed by atoms with Gasteiger partial charge in [0.2, 0.25) is 0 Å². The van der Waals surface area contributed by atoms with Crippen molar-refractivity contribution in [1.29, 1.82) is 5.41 Å². The van der Waals surface area contributed by atoms with Crippen molar-refractivity contribution >= 4 is 29.5 Å². The van der Waals surface area contributed by atoms with Crippen molar-refractivity contribution in [3.8, 4) is 0 Å². The number of nitrogen functional groups attached to an aromatic ring is 1. The van der Waals surface area contributed by atoms with Crippen molar-refractivity contribution in [1.82, 2.24) is 9.47 Å². The number of ketones is 1. The molecule has 0 unspecified atom stereocenters. The van der Waals surface area contributed by atoms with Crippen LogP contribution in [0.1, 0.15) is 40.7 Å². The van der Waals surface area contributed by atoms with Gasteiger partial charge < -0.3 is 10.6 Å². The van der Waals surface area contributed by atoms with Crippen LogP contribution < -0.4 is 11.1 Å². The molecule has 2 aromatic rings. The number of anilines is 1. The molecule has 1 aliphatic heterocycles. The first-order valence-electron chi connectivity index (χ1n) is 11.1. The van der Waals surface area contributed by atoms with Gasteiger partial charge in [0.25, 0.3) is 0 Å². The van der Waals surface area contributed by atoms with E-state index >= 15 is 0 Å². The Morgan fingerprint density at radius 2 is 2.09 bits per heavy atom. The number of rotatable bonds is 6. The number of Topliss-reactive ketones (excluding diaryl/α,β-unsaturated/α-hetero) is 1. The van der Waals surface area contributed by atoms with Crippen LogP contribution in [0.4, 0.5) is 10.2 Å². The molecule has 3 aliphatic rings. The molecule has 0 amide bonds. The van der Waals surface area contributed by atoms with Gasteiger partial charge in [-0.1, -0.05) is 17.7 Å². The van der Waals surface area contributed by atoms with Gasteiger partial charge in [0.1, 0.15) is 5.82 Å². The lowest BCUT2D eigenvalue weighted by atomic mass is 9.56. The van der Waals surface area contributed by atoms with Crippen LogP contribution in [0.3, 0.4) is 0 Å². The van der Waals surface area contributed by atoms with E-state index in [4.69, 9.17) is 22.7 Å². The highest BCUT2D eigenvalue weighted by molar-refractivity contribution is 6.34. The predicted molar refractivity (Wildman–Crippen MR) is 123 cm³/mol. The zero-order valence-electron chi connectivity index (χ0n) is 17.9. The van der Waals surface area contributed by atoms with E-state index in [1.165, 1.54) is 40.8 Å². The van der Waals surface area contributed by atoms with Gasteiger partial charge in [-0.05, 0) is 54.2 Å². The number of fused-ring (bicyclic) bond motifs is 1. The fraction of sp³-hybridized carbons (Fsp3) is 0.458. The molecule has 2 heterocycles. The number of carbonyl (C=O) groups is 1. The maximum absolute atomic E-state index is 14.1. The monoisotopic (exact) mass is 455 g/mol. The summed E-state index contributed by atoms with van der Waals surface area (Å²) in [5, 5.41) is 8.05. The first-order chi connectivity index (χ1) is 15.4. The van der Waals surface area contributed by atoms with E-state index in [2.05, 4.69) is 16.0 Å². The molecule has 1 aromatic carbocycles. The van der Waals surface area contributed by atoms with Crippen molar-refractivity contribution in [3.63, 3.8) is 0 Å². The largest absolute Gasteiger partial charge is 0.385 e. The Hall–Kier alpha value is -2.51. The molecular formula is C24H27ClFN5O. The molecule has 0 bridgehead atoms. The smallest absolute Gasteiger partial charge is 0.165 e. The Morgan fingerprint density at radius 3 is 2.84 bits per heavy atom. The number of likely N-dealkylation sites (tertiary alicyclic amines) is 1. The number of hydrogen-bond acceptors (Lipinski definition) is 5. The second kappa shape index (κ2) is 8.12. The average Bonchev–Trinajstić information content (AvgIpc) is 3.11. The summed E-state index contributed by atoms with van der Waals surface area (Å²) in [7, 11) is 0. The van der Waals surface area contributed by atoms with Gasteiger partial charge in [0.05, 0.1) is 23.3 Å². The molecule has 0 radical (unpaired) electrons. The fourth-order valence-electron chi connectivity index (χ4n) is 5.83. The summed E-state index contributed by atoms with van der Waals surface area (Å²) in [6, 6.07) is 5.46. The third-order valence-corrected chi connectivity index (χ3v) is 7.54. The standard InChI is InChI=1S/C24H27ClFN5O/c25-18-3-1-16(17-2-4-21(32)23(17)18)7-15-9-24(10-15)12-30(13-24)6-5-29-20-8-22(28)31(14-27)11-19(20)26/h1,3,8,11,14-15,27H,2,4-7,9-10,12-13,28H2. The highest BCUT2D eigenvalue weighted by Crippen LogP contribution is 2.53. The Balaban J connectivity index is 1.11. The molecule has 5 rings (SSSR count). The third-order valence-electron chi connectivity index (χ3n) is 7.23. The maximum atomic E-state index is 14.1. The van der Waals surface area contributed by atoms with Crippen LogP contribution in [0.5, 0.6) is 0 Å². The lowest BCUT2D eigenvalue weighted by molar-refractivity contribution is -0.0920. The van der Waals surface area contributed by atoms with Crippen LogP contribution in [-0.2, 0) is 12.8 Å². The van der Waals surface area contributed by atoms with Crippen molar-refractivity contribution in [2.75, 3.05) is 31.9 Å². The Morgan fingerprint density at radius 1 is 1.31 bits per heavy atom. The van der Waals surface area contributed by atoms with E-state index in [1.807, 2.05) is 6.07 Å². The molecule has 6 nitrogen and oxygen atoms in total. The molecular weight excluding hydrogens is 429 g/mol. The van der Waals surface area contributed by atoms with Gasteiger partial charge in [-0.3, -0.25) is 19.8 Å². The number of nitrogens with two attached hydrogens (primary N) is 1. The predicted octanol–water partition coefficient (Wildman–Crippen LogP) is 3.30. The van der Waals surface area contributed by atoms with Crippen molar-refractivity contribution < 1.29 is 9.18 Å². The van der Waals surface area contributed by atoms with Gasteiger partial charge in [-0.15, -0.1) is 0 Å². The number of aromatic nitrogens is 1. The number of carbonyl (C=O) groups excluding carboxylic acids is 1. The zero-order chi connectivity index (χ0) is 22.5. The summed E-state index contributed by atoms with van der Waals surface area (Å²) >= 11 is 6.25. The zero-order valence-corrected chi connectivity index (χ0v) is 18.7. The summed E-state index contributed by atoms with van der Waals surface area (Å²) in [6.45, 7) is 3.47. The fourth-order valence-corrected chi connectivity index (χ4v) is 6.12. The topological polar surface area (TPSA) is 87.5 Å². The minimum absolute atomic E-state index is 0.184. The van der Waals surface area contributed by atoms with Gasteiger partial charge in [-0.2, -0.15) is 0 Å². The van der Waals surface area contributed by atoms with E-state index < -0.39 is 5.82 Å². The van der Waals surface area contributed by atoms with E-state index in [0.717, 1.165) is 44.4 Å². The minimum atomic E-state index is -0.472. The summed E-state index contributed by atoms with van der Waals surface area (Å²) in [6.07, 6.45) is 7.04. The lowest BCUT2D eigenvalue weighted by Crippen LogP contribution is -2.62. The summed E-state index contributed by atoms with van der Waals surface area (Å²) in [5.74, 6) is 0.674. The van der Waals surface area contributed by atoms with Gasteiger partial charge in [0.15, 0.2) is 11.6 Å². The minimum Gasteiger partial charge on any atom is -0.385 e. The molecule has 168 valence electrons. The molecule has 1 saturated carbocycles. The second-order valence-corrected chi connectivity index (χ2v) is 9.93. The Bertz CT molecular complexity index is 1160. The van der Waals surface area contributed by atoms with Crippen molar-refractivity contribution in [2.45, 2.75) is 32.1 Å². The molecule has 1 saturated heterocycles. The lowest BCUT2D eigenvalue weighted by Gasteiger charge is -2.59. The first-order valence-corrected chi connectivity index (χ1v) is 11.5. The van der Waals surface area contributed by atoms with E-state index in [1.54, 1.807) is 0 Å². The van der Waals surface area contributed by atoms with Crippen LogP contribution in [0, 0.1) is 22.6 Å². The third kappa shape index (κ3) is 3.77. The SMILES string of the molecule is N=Cn1cc(F)c(=NCCN2CC3(CC(Cc4ccc(Cl)c5c4CCC5=O)C3)C2)cc1N. The number of hydrogen-bond donors (Lipinski definition) is 2. The van der Waals surface area contributed by atoms with Crippen LogP contribution in [-0.4, -0.2) is 47.8 Å². The Kier molecular flexibility index (Phi) is 5.42. The van der Waals surface area contributed by atoms with Crippen LogP contribution >= 0.6 is 11.6 Å². The number of pyridine rings is 1. The number of halogens is 2. The quantitative estimate of drug-likeness (QED) is 0.517. The van der Waals surface area contributed by atoms with Gasteiger partial charge in [-0.25, -0.2) is 4.39 Å². The normalized spacial score (nSPS) is 20.3. The van der Waals surface area contributed by atoms with Crippen molar-refractivity contribution in [2.24, 2.45) is 16.3 Å². The molecule has 2 fully saturated rings. The number of nitrogens with one attached hydrogen (secondary N) is 1. The molecule has 2 aliphatic carbocycles. The summed E-state index contributed by atoms with van der Waals surface area (Å²) in [4.78, 5) is 18.8. The number of benzene rings is 1. The Labute approximate surface area is 191 Å². The highest BCUT2D eigenvalue weighted by Gasteiger charge is 2.51. The summed E-state index contributed by atoms with van der Waals surface area (Å²) < 4.78 is 15.3. The summed E-state index contributed by atoms with van der Waals surface area (Å²) in [5.41, 5.74) is 9.47. The highest BCUT2D eigenvalue weighted by atomic mass is 35.5.